The zero-order valence-corrected chi connectivity index (χ0v) is 26.1. The average molecular weight is 545 g/mol. The van der Waals surface area contributed by atoms with Crippen LogP contribution in [0.4, 0.5) is 0 Å². The van der Waals surface area contributed by atoms with Gasteiger partial charge in [0.1, 0.15) is 0 Å². The molecule has 0 aliphatic heterocycles. The van der Waals surface area contributed by atoms with Crippen LogP contribution in [0.2, 0.25) is 0 Å². The molecular formula is C36H64O3. The molecule has 0 saturated carbocycles. The Bertz CT molecular complexity index is 617. The highest BCUT2D eigenvalue weighted by Gasteiger charge is 2.09. The summed E-state index contributed by atoms with van der Waals surface area (Å²) in [6.45, 7) is 4.50. The molecule has 0 radical (unpaired) electrons. The van der Waals surface area contributed by atoms with Gasteiger partial charge in [-0.15, -0.1) is 0 Å². The number of hydrogen-bond donors (Lipinski definition) is 0. The first-order valence-electron chi connectivity index (χ1n) is 16.9. The molecule has 0 fully saturated rings. The number of rotatable bonds is 29. The van der Waals surface area contributed by atoms with Crippen LogP contribution in [0, 0.1) is 0 Å². The van der Waals surface area contributed by atoms with Crippen LogP contribution in [0.5, 0.6) is 0 Å². The van der Waals surface area contributed by atoms with Crippen molar-refractivity contribution in [3.05, 3.63) is 36.5 Å². The molecule has 0 saturated heterocycles. The van der Waals surface area contributed by atoms with Gasteiger partial charge in [-0.25, -0.2) is 0 Å². The predicted octanol–water partition coefficient (Wildman–Crippen LogP) is 11.9. The topological polar surface area (TPSA) is 43.4 Å². The zero-order chi connectivity index (χ0) is 28.5. The van der Waals surface area contributed by atoms with Crippen molar-refractivity contribution in [1.82, 2.24) is 0 Å². The highest BCUT2D eigenvalue weighted by atomic mass is 16.6. The number of allylic oxidation sites excluding steroid dienone is 6. The summed E-state index contributed by atoms with van der Waals surface area (Å²) in [5, 5.41) is 0. The van der Waals surface area contributed by atoms with Crippen molar-refractivity contribution < 1.29 is 14.3 Å². The van der Waals surface area contributed by atoms with E-state index in [-0.39, 0.29) is 11.9 Å². The number of hydrogen-bond acceptors (Lipinski definition) is 3. The van der Waals surface area contributed by atoms with Crippen LogP contribution < -0.4 is 0 Å². The van der Waals surface area contributed by atoms with Crippen LogP contribution in [-0.4, -0.2) is 11.9 Å². The van der Waals surface area contributed by atoms with Gasteiger partial charge in [0, 0.05) is 12.8 Å². The molecule has 0 N–H and O–H groups in total. The van der Waals surface area contributed by atoms with E-state index < -0.39 is 0 Å². The van der Waals surface area contributed by atoms with E-state index in [9.17, 15) is 9.59 Å². The second-order valence-electron chi connectivity index (χ2n) is 11.2. The van der Waals surface area contributed by atoms with Gasteiger partial charge < -0.3 is 4.74 Å². The Kier molecular flexibility index (Phi) is 31.2. The SMILES string of the molecule is CCCCC/C=C\C/C=C\CCCCCCCC(=O)OC(=O)CCCCCCC/C=C\CCCCCCCC. The summed E-state index contributed by atoms with van der Waals surface area (Å²) in [6, 6.07) is 0. The van der Waals surface area contributed by atoms with Gasteiger partial charge in [0.15, 0.2) is 0 Å². The molecule has 3 nitrogen and oxygen atoms in total. The third-order valence-electron chi connectivity index (χ3n) is 7.20. The van der Waals surface area contributed by atoms with Gasteiger partial charge in [-0.2, -0.15) is 0 Å². The third kappa shape index (κ3) is 32.5. The Morgan fingerprint density at radius 2 is 0.718 bits per heavy atom. The van der Waals surface area contributed by atoms with Crippen LogP contribution in [0.1, 0.15) is 181 Å². The summed E-state index contributed by atoms with van der Waals surface area (Å²) < 4.78 is 4.99. The van der Waals surface area contributed by atoms with Gasteiger partial charge >= 0.3 is 11.9 Å². The number of carbonyl (C=O) groups is 2. The Morgan fingerprint density at radius 1 is 0.410 bits per heavy atom. The quantitative estimate of drug-likeness (QED) is 0.0407. The maximum atomic E-state index is 11.9. The zero-order valence-electron chi connectivity index (χ0n) is 26.1. The van der Waals surface area contributed by atoms with Gasteiger partial charge in [-0.05, 0) is 70.6 Å². The number of ether oxygens (including phenoxy) is 1. The molecule has 0 aromatic heterocycles. The van der Waals surface area contributed by atoms with Crippen molar-refractivity contribution in [2.75, 3.05) is 0 Å². The first-order valence-corrected chi connectivity index (χ1v) is 16.9. The highest BCUT2D eigenvalue weighted by molar-refractivity contribution is 5.85. The second-order valence-corrected chi connectivity index (χ2v) is 11.2. The molecule has 3 heteroatoms. The Labute approximate surface area is 243 Å². The van der Waals surface area contributed by atoms with E-state index in [4.69, 9.17) is 4.74 Å². The van der Waals surface area contributed by atoms with Crippen LogP contribution >= 0.6 is 0 Å². The summed E-state index contributed by atoms with van der Waals surface area (Å²) in [5.41, 5.74) is 0. The summed E-state index contributed by atoms with van der Waals surface area (Å²) in [6.07, 6.45) is 43.3. The number of unbranched alkanes of at least 4 members (excludes halogenated alkanes) is 19. The molecule has 226 valence electrons. The van der Waals surface area contributed by atoms with E-state index in [0.717, 1.165) is 51.4 Å². The van der Waals surface area contributed by atoms with Gasteiger partial charge in [0.05, 0.1) is 0 Å². The second kappa shape index (κ2) is 32.6. The molecule has 0 heterocycles. The first kappa shape index (κ1) is 37.4. The predicted molar refractivity (Wildman–Crippen MR) is 170 cm³/mol. The van der Waals surface area contributed by atoms with Crippen LogP contribution in [0.15, 0.2) is 36.5 Å². The summed E-state index contributed by atoms with van der Waals surface area (Å²) >= 11 is 0. The molecule has 39 heavy (non-hydrogen) atoms. The lowest BCUT2D eigenvalue weighted by Gasteiger charge is -2.04. The summed E-state index contributed by atoms with van der Waals surface area (Å²) in [5.74, 6) is -0.696. The average Bonchev–Trinajstić information content (AvgIpc) is 2.93. The van der Waals surface area contributed by atoms with Crippen LogP contribution in [0.25, 0.3) is 0 Å². The fourth-order valence-corrected chi connectivity index (χ4v) is 4.65. The van der Waals surface area contributed by atoms with E-state index in [1.807, 2.05) is 0 Å². The minimum atomic E-state index is -0.349. The maximum Gasteiger partial charge on any atom is 0.313 e. The van der Waals surface area contributed by atoms with Crippen LogP contribution in [-0.2, 0) is 14.3 Å². The number of esters is 2. The van der Waals surface area contributed by atoms with Gasteiger partial charge in [-0.1, -0.05) is 134 Å². The normalized spacial score (nSPS) is 11.8. The van der Waals surface area contributed by atoms with E-state index in [0.29, 0.717) is 12.8 Å². The molecule has 0 spiro atoms. The molecule has 0 aliphatic carbocycles. The first-order chi connectivity index (χ1) is 19.2. The van der Waals surface area contributed by atoms with Crippen LogP contribution in [0.3, 0.4) is 0 Å². The minimum Gasteiger partial charge on any atom is -0.393 e. The van der Waals surface area contributed by atoms with E-state index >= 15 is 0 Å². The lowest BCUT2D eigenvalue weighted by Crippen LogP contribution is -2.11. The molecular weight excluding hydrogens is 480 g/mol. The van der Waals surface area contributed by atoms with Gasteiger partial charge in [-0.3, -0.25) is 9.59 Å². The fourth-order valence-electron chi connectivity index (χ4n) is 4.65. The largest absolute Gasteiger partial charge is 0.393 e. The van der Waals surface area contributed by atoms with Crippen molar-refractivity contribution in [3.8, 4) is 0 Å². The fraction of sp³-hybridized carbons (Fsp3) is 0.778. The van der Waals surface area contributed by atoms with Crippen molar-refractivity contribution in [1.29, 1.82) is 0 Å². The standard InChI is InChI=1S/C36H64O3/c1-3-5-7-9-11-13-15-17-19-21-23-25-27-29-31-33-35(37)39-36(38)34-32-30-28-26-24-22-20-18-16-14-12-10-8-6-4-2/h11,13,17-20H,3-10,12,14-16,21-34H2,1-2H3/b13-11-,19-17-,20-18-. The monoisotopic (exact) mass is 544 g/mol. The minimum absolute atomic E-state index is 0.347. The lowest BCUT2D eigenvalue weighted by atomic mass is 10.1. The van der Waals surface area contributed by atoms with E-state index in [1.165, 1.54) is 103 Å². The van der Waals surface area contributed by atoms with Crippen molar-refractivity contribution >= 4 is 11.9 Å². The Morgan fingerprint density at radius 3 is 1.15 bits per heavy atom. The third-order valence-corrected chi connectivity index (χ3v) is 7.20. The van der Waals surface area contributed by atoms with Crippen molar-refractivity contribution in [2.45, 2.75) is 181 Å². The molecule has 0 aromatic carbocycles. The smallest absolute Gasteiger partial charge is 0.313 e. The van der Waals surface area contributed by atoms with Gasteiger partial charge in [0.2, 0.25) is 0 Å². The van der Waals surface area contributed by atoms with E-state index in [1.54, 1.807) is 0 Å². The Hall–Kier alpha value is -1.64. The van der Waals surface area contributed by atoms with Crippen molar-refractivity contribution in [3.63, 3.8) is 0 Å². The molecule has 0 rings (SSSR count). The Balaban J connectivity index is 3.40. The maximum absolute atomic E-state index is 11.9. The van der Waals surface area contributed by atoms with E-state index in [2.05, 4.69) is 50.3 Å². The molecule has 0 atom stereocenters. The summed E-state index contributed by atoms with van der Waals surface area (Å²) in [4.78, 5) is 23.8. The number of carbonyl (C=O) groups excluding carboxylic acids is 2. The molecule has 0 bridgehead atoms. The molecule has 0 aromatic rings. The summed E-state index contributed by atoms with van der Waals surface area (Å²) in [7, 11) is 0. The highest BCUT2D eigenvalue weighted by Crippen LogP contribution is 2.12. The molecule has 0 amide bonds. The lowest BCUT2D eigenvalue weighted by molar-refractivity contribution is -0.159. The molecule has 0 aliphatic rings. The van der Waals surface area contributed by atoms with Crippen molar-refractivity contribution in [2.24, 2.45) is 0 Å². The van der Waals surface area contributed by atoms with Gasteiger partial charge in [0.25, 0.3) is 0 Å². The molecule has 0 unspecified atom stereocenters.